The third kappa shape index (κ3) is 9.23. The van der Waals surface area contributed by atoms with Crippen LogP contribution in [0.1, 0.15) is 63.1 Å². The van der Waals surface area contributed by atoms with E-state index in [1.54, 1.807) is 30.3 Å². The Hall–Kier alpha value is -4.03. The number of rotatable bonds is 11. The number of carboxylic acids is 1. The van der Waals surface area contributed by atoms with Gasteiger partial charge in [-0.2, -0.15) is 30.0 Å². The summed E-state index contributed by atoms with van der Waals surface area (Å²) >= 11 is 7.12. The fourth-order valence-corrected chi connectivity index (χ4v) is 5.69. The van der Waals surface area contributed by atoms with Crippen molar-refractivity contribution in [3.63, 3.8) is 0 Å². The highest BCUT2D eigenvalue weighted by atomic mass is 35.5. The monoisotopic (exact) mass is 646 g/mol. The molecule has 0 saturated carbocycles. The number of hydrazone groups is 1. The Kier molecular flexibility index (Phi) is 11.3. The summed E-state index contributed by atoms with van der Waals surface area (Å²) in [6.07, 6.45) is -0.389. The largest absolute Gasteiger partial charge is 0.481 e. The fraction of sp³-hybridized carbons (Fsp3) is 0.290. The van der Waals surface area contributed by atoms with Crippen molar-refractivity contribution in [2.24, 2.45) is 5.10 Å². The molecule has 0 aliphatic carbocycles. The molecular weight excluding hydrogens is 617 g/mol. The molecule has 3 N–H and O–H groups in total. The van der Waals surface area contributed by atoms with E-state index >= 15 is 0 Å². The van der Waals surface area contributed by atoms with Crippen LogP contribution in [0.15, 0.2) is 65.8 Å². The number of carbonyl (C=O) groups is 3. The third-order valence-corrected chi connectivity index (χ3v) is 8.17. The second kappa shape index (κ2) is 15.1. The first-order valence-electron chi connectivity index (χ1n) is 13.8. The summed E-state index contributed by atoms with van der Waals surface area (Å²) in [4.78, 5) is 39.4. The zero-order valence-electron chi connectivity index (χ0n) is 23.5. The molecule has 232 valence electrons. The molecule has 4 rings (SSSR count). The van der Waals surface area contributed by atoms with Gasteiger partial charge in [-0.05, 0) is 72.9 Å². The quantitative estimate of drug-likeness (QED) is 0.117. The van der Waals surface area contributed by atoms with Crippen LogP contribution in [0.25, 0.3) is 0 Å². The highest BCUT2D eigenvalue weighted by Gasteiger charge is 2.33. The van der Waals surface area contributed by atoms with E-state index in [4.69, 9.17) is 16.7 Å². The number of carbonyl (C=O) groups excluding carboxylic acids is 2. The molecule has 3 aromatic rings. The van der Waals surface area contributed by atoms with Crippen LogP contribution in [0.5, 0.6) is 0 Å². The minimum absolute atomic E-state index is 0.0431. The first-order valence-corrected chi connectivity index (χ1v) is 15.3. The molecule has 0 spiro atoms. The van der Waals surface area contributed by atoms with E-state index in [-0.39, 0.29) is 23.2 Å². The van der Waals surface area contributed by atoms with Gasteiger partial charge < -0.3 is 15.3 Å². The lowest BCUT2D eigenvalue weighted by molar-refractivity contribution is -0.138. The number of hydrogen-bond donors (Lipinski definition) is 3. The van der Waals surface area contributed by atoms with Crippen LogP contribution in [0.3, 0.4) is 0 Å². The topological polar surface area (TPSA) is 111 Å². The highest BCUT2D eigenvalue weighted by molar-refractivity contribution is 7.98. The Balaban J connectivity index is 1.53. The van der Waals surface area contributed by atoms with E-state index in [9.17, 15) is 27.6 Å². The Morgan fingerprint density at radius 3 is 2.50 bits per heavy atom. The number of piperidine rings is 1. The fourth-order valence-electron chi connectivity index (χ4n) is 4.59. The molecule has 0 unspecified atom stereocenters. The van der Waals surface area contributed by atoms with E-state index in [1.807, 2.05) is 12.1 Å². The van der Waals surface area contributed by atoms with Crippen LogP contribution < -0.4 is 15.6 Å². The van der Waals surface area contributed by atoms with Gasteiger partial charge in [0.2, 0.25) is 0 Å². The minimum atomic E-state index is -4.65. The summed E-state index contributed by atoms with van der Waals surface area (Å²) in [6, 6.07) is 15.3. The molecule has 0 aromatic heterocycles. The Bertz CT molecular complexity index is 1540. The highest BCUT2D eigenvalue weighted by Crippen LogP contribution is 2.35. The van der Waals surface area contributed by atoms with Crippen LogP contribution in [-0.4, -0.2) is 47.9 Å². The van der Waals surface area contributed by atoms with Crippen LogP contribution in [-0.2, 0) is 16.7 Å². The molecule has 1 fully saturated rings. The molecule has 44 heavy (non-hydrogen) atoms. The van der Waals surface area contributed by atoms with Gasteiger partial charge >= 0.3 is 12.1 Å². The normalized spacial score (nSPS) is 13.6. The molecular formula is C31H30ClF3N4O4S. The average Bonchev–Trinajstić information content (AvgIpc) is 3.00. The van der Waals surface area contributed by atoms with E-state index in [2.05, 4.69) is 20.7 Å². The number of anilines is 2. The SMILES string of the molecule is O=C(O)CCSCc1cccc(C(=O)Nc2ccc(N3CCCCC3)cc2C(=O)N/N=C/c2ccc(Cl)c(C(F)(F)F)c2)c1. The lowest BCUT2D eigenvalue weighted by Crippen LogP contribution is -2.30. The van der Waals surface area contributed by atoms with Crippen molar-refractivity contribution in [2.45, 2.75) is 37.6 Å². The predicted molar refractivity (Wildman–Crippen MR) is 167 cm³/mol. The van der Waals surface area contributed by atoms with Crippen molar-refractivity contribution in [1.82, 2.24) is 5.43 Å². The van der Waals surface area contributed by atoms with Crippen molar-refractivity contribution in [1.29, 1.82) is 0 Å². The summed E-state index contributed by atoms with van der Waals surface area (Å²) in [5.41, 5.74) is 3.77. The summed E-state index contributed by atoms with van der Waals surface area (Å²) < 4.78 is 39.7. The van der Waals surface area contributed by atoms with Gasteiger partial charge in [-0.3, -0.25) is 14.4 Å². The first-order chi connectivity index (χ1) is 21.0. The van der Waals surface area contributed by atoms with Gasteiger partial charge in [0.1, 0.15) is 0 Å². The molecule has 13 heteroatoms. The number of halogens is 4. The number of amides is 2. The maximum atomic E-state index is 13.3. The number of alkyl halides is 3. The maximum Gasteiger partial charge on any atom is 0.417 e. The molecule has 0 radical (unpaired) electrons. The zero-order valence-corrected chi connectivity index (χ0v) is 25.1. The zero-order chi connectivity index (χ0) is 31.7. The van der Waals surface area contributed by atoms with Gasteiger partial charge in [0.25, 0.3) is 11.8 Å². The van der Waals surface area contributed by atoms with Crippen molar-refractivity contribution < 1.29 is 32.7 Å². The molecule has 1 aliphatic rings. The number of benzene rings is 3. The van der Waals surface area contributed by atoms with Gasteiger partial charge in [0.05, 0.1) is 34.5 Å². The molecule has 8 nitrogen and oxygen atoms in total. The standard InChI is InChI=1S/C31H30ClF3N4O4S/c32-26-9-7-20(16-25(26)31(33,34)35)18-36-38-30(43)24-17-23(39-12-2-1-3-13-39)8-10-27(24)37-29(42)22-6-4-5-21(15-22)19-44-14-11-28(40)41/h4-10,15-18H,1-3,11-14,19H2,(H,37,42)(H,38,43)(H,40,41)/b36-18+. The molecule has 1 aliphatic heterocycles. The predicted octanol–water partition coefficient (Wildman–Crippen LogP) is 7.07. The molecule has 1 heterocycles. The Morgan fingerprint density at radius 2 is 1.77 bits per heavy atom. The minimum Gasteiger partial charge on any atom is -0.481 e. The van der Waals surface area contributed by atoms with Crippen LogP contribution in [0, 0.1) is 0 Å². The number of hydrogen-bond acceptors (Lipinski definition) is 6. The number of nitrogens with zero attached hydrogens (tertiary/aromatic N) is 2. The van der Waals surface area contributed by atoms with Crippen LogP contribution >= 0.6 is 23.4 Å². The maximum absolute atomic E-state index is 13.3. The smallest absolute Gasteiger partial charge is 0.417 e. The second-order valence-electron chi connectivity index (χ2n) is 10.1. The third-order valence-electron chi connectivity index (χ3n) is 6.81. The van der Waals surface area contributed by atoms with Gasteiger partial charge in [-0.15, -0.1) is 0 Å². The van der Waals surface area contributed by atoms with Crippen molar-refractivity contribution in [3.8, 4) is 0 Å². The lowest BCUT2D eigenvalue weighted by Gasteiger charge is -2.29. The van der Waals surface area contributed by atoms with E-state index in [0.29, 0.717) is 17.1 Å². The van der Waals surface area contributed by atoms with Crippen molar-refractivity contribution in [2.75, 3.05) is 29.1 Å². The van der Waals surface area contributed by atoms with Gasteiger partial charge in [0, 0.05) is 35.8 Å². The van der Waals surface area contributed by atoms with E-state index in [1.165, 1.54) is 17.8 Å². The van der Waals surface area contributed by atoms with E-state index in [0.717, 1.165) is 62.0 Å². The summed E-state index contributed by atoms with van der Waals surface area (Å²) in [7, 11) is 0. The van der Waals surface area contributed by atoms with Gasteiger partial charge in [-0.1, -0.05) is 29.8 Å². The summed E-state index contributed by atoms with van der Waals surface area (Å²) in [5.74, 6) is -1.01. The molecule has 1 saturated heterocycles. The average molecular weight is 647 g/mol. The number of nitrogens with one attached hydrogen (secondary N) is 2. The summed E-state index contributed by atoms with van der Waals surface area (Å²) in [5, 5.41) is 15.0. The van der Waals surface area contributed by atoms with Crippen LogP contribution in [0.2, 0.25) is 5.02 Å². The van der Waals surface area contributed by atoms with E-state index < -0.39 is 34.5 Å². The Morgan fingerprint density at radius 1 is 1.00 bits per heavy atom. The molecule has 3 aromatic carbocycles. The Labute approximate surface area is 261 Å². The number of thioether (sulfide) groups is 1. The second-order valence-corrected chi connectivity index (χ2v) is 11.6. The number of aliphatic carboxylic acids is 1. The molecule has 2 amide bonds. The van der Waals surface area contributed by atoms with Crippen molar-refractivity contribution >= 4 is 58.7 Å². The number of carboxylic acid groups (broad SMARTS) is 1. The first kappa shape index (κ1) is 32.9. The van der Waals surface area contributed by atoms with Crippen molar-refractivity contribution in [3.05, 3.63) is 93.5 Å². The summed E-state index contributed by atoms with van der Waals surface area (Å²) in [6.45, 7) is 1.64. The molecule has 0 atom stereocenters. The van der Waals surface area contributed by atoms with Crippen LogP contribution in [0.4, 0.5) is 24.5 Å². The van der Waals surface area contributed by atoms with Gasteiger partial charge in [-0.25, -0.2) is 5.43 Å². The lowest BCUT2D eigenvalue weighted by atomic mass is 10.1. The van der Waals surface area contributed by atoms with Gasteiger partial charge in [0.15, 0.2) is 0 Å². The molecule has 0 bridgehead atoms.